The molecule has 3 aromatic rings. The third kappa shape index (κ3) is 3.24. The van der Waals surface area contributed by atoms with E-state index in [1.165, 1.54) is 11.3 Å². The molecule has 0 bridgehead atoms. The van der Waals surface area contributed by atoms with Crippen LogP contribution >= 0.6 is 22.9 Å². The van der Waals surface area contributed by atoms with Gasteiger partial charge in [0.15, 0.2) is 0 Å². The molecular weight excluding hydrogens is 318 g/mol. The number of nitrogens with zero attached hydrogens (tertiary/aromatic N) is 1. The SMILES string of the molecule is CN(Cc1ccc(-c2ccc(Cl)cc2)o1)C(=O)c1ccsc1. The number of benzene rings is 1. The summed E-state index contributed by atoms with van der Waals surface area (Å²) in [5, 5.41) is 4.43. The Balaban J connectivity index is 1.71. The normalized spacial score (nSPS) is 10.6. The Kier molecular flexibility index (Phi) is 4.32. The van der Waals surface area contributed by atoms with Crippen LogP contribution in [0.3, 0.4) is 0 Å². The average Bonchev–Trinajstić information content (AvgIpc) is 3.18. The van der Waals surface area contributed by atoms with Gasteiger partial charge in [-0.15, -0.1) is 0 Å². The van der Waals surface area contributed by atoms with E-state index >= 15 is 0 Å². The fourth-order valence-corrected chi connectivity index (χ4v) is 2.90. The summed E-state index contributed by atoms with van der Waals surface area (Å²) < 4.78 is 5.81. The quantitative estimate of drug-likeness (QED) is 0.679. The summed E-state index contributed by atoms with van der Waals surface area (Å²) >= 11 is 7.40. The van der Waals surface area contributed by atoms with E-state index in [0.29, 0.717) is 17.1 Å². The molecule has 2 aromatic heterocycles. The zero-order chi connectivity index (χ0) is 15.5. The van der Waals surface area contributed by atoms with Crippen molar-refractivity contribution in [2.45, 2.75) is 6.54 Å². The highest BCUT2D eigenvalue weighted by molar-refractivity contribution is 7.08. The van der Waals surface area contributed by atoms with Crippen molar-refractivity contribution in [3.05, 3.63) is 69.6 Å². The number of carbonyl (C=O) groups is 1. The minimum Gasteiger partial charge on any atom is -0.459 e. The van der Waals surface area contributed by atoms with Gasteiger partial charge in [0, 0.05) is 23.0 Å². The summed E-state index contributed by atoms with van der Waals surface area (Å²) in [5.41, 5.74) is 1.67. The highest BCUT2D eigenvalue weighted by atomic mass is 35.5. The number of thiophene rings is 1. The second kappa shape index (κ2) is 6.38. The summed E-state index contributed by atoms with van der Waals surface area (Å²) in [6.07, 6.45) is 0. The van der Waals surface area contributed by atoms with E-state index in [2.05, 4.69) is 0 Å². The van der Waals surface area contributed by atoms with Crippen molar-refractivity contribution in [3.63, 3.8) is 0 Å². The smallest absolute Gasteiger partial charge is 0.254 e. The Morgan fingerprint density at radius 2 is 1.95 bits per heavy atom. The minimum atomic E-state index is -0.00862. The molecule has 0 unspecified atom stereocenters. The molecule has 0 saturated carbocycles. The molecule has 0 atom stereocenters. The lowest BCUT2D eigenvalue weighted by Crippen LogP contribution is -2.25. The fraction of sp³-hybridized carbons (Fsp3) is 0.118. The van der Waals surface area contributed by atoms with Gasteiger partial charge in [-0.3, -0.25) is 4.79 Å². The zero-order valence-corrected chi connectivity index (χ0v) is 13.5. The maximum Gasteiger partial charge on any atom is 0.254 e. The summed E-state index contributed by atoms with van der Waals surface area (Å²) in [6.45, 7) is 0.433. The summed E-state index contributed by atoms with van der Waals surface area (Å²) in [6, 6.07) is 13.1. The van der Waals surface area contributed by atoms with Crippen LogP contribution in [-0.4, -0.2) is 17.9 Å². The molecule has 1 aromatic carbocycles. The first-order valence-corrected chi connectivity index (χ1v) is 8.08. The fourth-order valence-electron chi connectivity index (χ4n) is 2.14. The van der Waals surface area contributed by atoms with Crippen LogP contribution in [0.25, 0.3) is 11.3 Å². The Hall–Kier alpha value is -2.04. The van der Waals surface area contributed by atoms with E-state index in [0.717, 1.165) is 17.1 Å². The van der Waals surface area contributed by atoms with Gasteiger partial charge in [0.1, 0.15) is 11.5 Å². The van der Waals surface area contributed by atoms with Crippen LogP contribution in [0, 0.1) is 0 Å². The summed E-state index contributed by atoms with van der Waals surface area (Å²) in [7, 11) is 1.77. The van der Waals surface area contributed by atoms with Crippen LogP contribution in [0.1, 0.15) is 16.1 Å². The summed E-state index contributed by atoms with van der Waals surface area (Å²) in [4.78, 5) is 13.8. The van der Waals surface area contributed by atoms with E-state index < -0.39 is 0 Å². The monoisotopic (exact) mass is 331 g/mol. The number of amides is 1. The number of rotatable bonds is 4. The predicted molar refractivity (Wildman–Crippen MR) is 89.3 cm³/mol. The third-order valence-electron chi connectivity index (χ3n) is 3.30. The number of halogens is 1. The van der Waals surface area contributed by atoms with Gasteiger partial charge in [-0.05, 0) is 47.8 Å². The molecule has 0 spiro atoms. The maximum absolute atomic E-state index is 12.2. The first-order valence-electron chi connectivity index (χ1n) is 6.76. The molecule has 0 N–H and O–H groups in total. The van der Waals surface area contributed by atoms with E-state index in [1.807, 2.05) is 53.2 Å². The van der Waals surface area contributed by atoms with Crippen LogP contribution in [0.4, 0.5) is 0 Å². The molecule has 5 heteroatoms. The number of carbonyl (C=O) groups excluding carboxylic acids is 1. The summed E-state index contributed by atoms with van der Waals surface area (Å²) in [5.74, 6) is 1.50. The zero-order valence-electron chi connectivity index (χ0n) is 12.0. The van der Waals surface area contributed by atoms with Gasteiger partial charge < -0.3 is 9.32 Å². The van der Waals surface area contributed by atoms with Gasteiger partial charge in [0.05, 0.1) is 12.1 Å². The molecule has 0 radical (unpaired) electrons. The van der Waals surface area contributed by atoms with Crippen molar-refractivity contribution in [1.29, 1.82) is 0 Å². The van der Waals surface area contributed by atoms with Crippen molar-refractivity contribution in [3.8, 4) is 11.3 Å². The molecule has 0 aliphatic heterocycles. The molecule has 2 heterocycles. The van der Waals surface area contributed by atoms with E-state index in [-0.39, 0.29) is 5.91 Å². The molecule has 112 valence electrons. The van der Waals surface area contributed by atoms with Crippen molar-refractivity contribution < 1.29 is 9.21 Å². The van der Waals surface area contributed by atoms with Gasteiger partial charge in [0.25, 0.3) is 5.91 Å². The molecule has 1 amide bonds. The Morgan fingerprint density at radius 3 is 2.64 bits per heavy atom. The maximum atomic E-state index is 12.2. The molecule has 0 fully saturated rings. The number of furan rings is 1. The second-order valence-corrected chi connectivity index (χ2v) is 6.16. The molecular formula is C17H14ClNO2S. The first-order chi connectivity index (χ1) is 10.6. The van der Waals surface area contributed by atoms with Crippen molar-refractivity contribution in [2.75, 3.05) is 7.05 Å². The third-order valence-corrected chi connectivity index (χ3v) is 4.23. The Morgan fingerprint density at radius 1 is 1.18 bits per heavy atom. The first kappa shape index (κ1) is 14.9. The minimum absolute atomic E-state index is 0.00862. The van der Waals surface area contributed by atoms with Gasteiger partial charge >= 0.3 is 0 Å². The Bertz CT molecular complexity index is 762. The van der Waals surface area contributed by atoms with Gasteiger partial charge in [0.2, 0.25) is 0 Å². The lowest BCUT2D eigenvalue weighted by atomic mass is 10.2. The van der Waals surface area contributed by atoms with Crippen LogP contribution in [0.15, 0.2) is 57.6 Å². The van der Waals surface area contributed by atoms with Crippen LogP contribution < -0.4 is 0 Å². The highest BCUT2D eigenvalue weighted by Crippen LogP contribution is 2.24. The molecule has 0 aliphatic rings. The van der Waals surface area contributed by atoms with Crippen LogP contribution in [0.5, 0.6) is 0 Å². The lowest BCUT2D eigenvalue weighted by molar-refractivity contribution is 0.0776. The van der Waals surface area contributed by atoms with Gasteiger partial charge in [-0.2, -0.15) is 11.3 Å². The van der Waals surface area contributed by atoms with E-state index in [9.17, 15) is 4.79 Å². The number of hydrogen-bond acceptors (Lipinski definition) is 3. The predicted octanol–water partition coefficient (Wildman–Crippen LogP) is 4.93. The van der Waals surface area contributed by atoms with Gasteiger partial charge in [-0.1, -0.05) is 11.6 Å². The molecule has 22 heavy (non-hydrogen) atoms. The lowest BCUT2D eigenvalue weighted by Gasteiger charge is -2.14. The number of hydrogen-bond donors (Lipinski definition) is 0. The van der Waals surface area contributed by atoms with E-state index in [4.69, 9.17) is 16.0 Å². The molecule has 3 rings (SSSR count). The second-order valence-electron chi connectivity index (χ2n) is 4.95. The topological polar surface area (TPSA) is 33.5 Å². The van der Waals surface area contributed by atoms with Crippen molar-refractivity contribution >= 4 is 28.8 Å². The van der Waals surface area contributed by atoms with Crippen LogP contribution in [0.2, 0.25) is 5.02 Å². The average molecular weight is 332 g/mol. The molecule has 0 saturated heterocycles. The molecule has 3 nitrogen and oxygen atoms in total. The largest absolute Gasteiger partial charge is 0.459 e. The Labute approximate surface area is 137 Å². The van der Waals surface area contributed by atoms with E-state index in [1.54, 1.807) is 11.9 Å². The van der Waals surface area contributed by atoms with Crippen molar-refractivity contribution in [1.82, 2.24) is 4.90 Å². The van der Waals surface area contributed by atoms with Crippen LogP contribution in [-0.2, 0) is 6.54 Å². The molecule has 0 aliphatic carbocycles. The standard InChI is InChI=1S/C17H14ClNO2S/c1-19(17(20)13-8-9-22-11-13)10-15-6-7-16(21-15)12-2-4-14(18)5-3-12/h2-9,11H,10H2,1H3. The van der Waals surface area contributed by atoms with Crippen molar-refractivity contribution in [2.24, 2.45) is 0 Å². The van der Waals surface area contributed by atoms with Gasteiger partial charge in [-0.25, -0.2) is 0 Å². The highest BCUT2D eigenvalue weighted by Gasteiger charge is 2.14.